The van der Waals surface area contributed by atoms with Crippen molar-refractivity contribution in [3.63, 3.8) is 0 Å². The Morgan fingerprint density at radius 2 is 2.19 bits per heavy atom. The Morgan fingerprint density at radius 1 is 1.43 bits per heavy atom. The Bertz CT molecular complexity index is 626. The number of carbonyl (C=O) groups is 1. The third-order valence-corrected chi connectivity index (χ3v) is 4.64. The first-order chi connectivity index (χ1) is 9.84. The largest absolute Gasteiger partial charge is 0.320 e. The number of fused-ring (bicyclic) bond motifs is 2. The first kappa shape index (κ1) is 14.3. The highest BCUT2D eigenvalue weighted by molar-refractivity contribution is 5.86. The van der Waals surface area contributed by atoms with E-state index < -0.39 is 0 Å². The Kier molecular flexibility index (Phi) is 3.36. The summed E-state index contributed by atoms with van der Waals surface area (Å²) in [5.41, 5.74) is 5.83. The molecule has 4 heteroatoms. The fourth-order valence-electron chi connectivity index (χ4n) is 3.31. The highest BCUT2D eigenvalue weighted by Crippen LogP contribution is 2.38. The van der Waals surface area contributed by atoms with Crippen molar-refractivity contribution in [2.45, 2.75) is 47.0 Å². The number of amides is 1. The van der Waals surface area contributed by atoms with E-state index in [0.29, 0.717) is 11.3 Å². The van der Waals surface area contributed by atoms with Gasteiger partial charge in [0.05, 0.1) is 0 Å². The molecule has 1 aromatic heterocycles. The average molecular weight is 286 g/mol. The topological polar surface area (TPSA) is 58.6 Å². The van der Waals surface area contributed by atoms with Gasteiger partial charge in [-0.2, -0.15) is 0 Å². The zero-order chi connectivity index (χ0) is 15.2. The van der Waals surface area contributed by atoms with Gasteiger partial charge in [-0.05, 0) is 36.2 Å². The van der Waals surface area contributed by atoms with Crippen LogP contribution < -0.4 is 10.6 Å². The summed E-state index contributed by atoms with van der Waals surface area (Å²) in [6, 6.07) is 2.26. The fourth-order valence-corrected chi connectivity index (χ4v) is 3.31. The van der Waals surface area contributed by atoms with E-state index in [0.717, 1.165) is 29.9 Å². The number of hydrogen-bond acceptors (Lipinski definition) is 2. The maximum Gasteiger partial charge on any atom is 0.221 e. The normalized spacial score (nSPS) is 20.6. The van der Waals surface area contributed by atoms with Crippen LogP contribution in [0.2, 0.25) is 0 Å². The van der Waals surface area contributed by atoms with E-state index in [1.54, 1.807) is 0 Å². The van der Waals surface area contributed by atoms with E-state index in [1.807, 2.05) is 6.20 Å². The molecule has 1 amide bonds. The van der Waals surface area contributed by atoms with Crippen LogP contribution in [0.1, 0.15) is 51.1 Å². The van der Waals surface area contributed by atoms with Crippen molar-refractivity contribution in [3.8, 4) is 0 Å². The summed E-state index contributed by atoms with van der Waals surface area (Å²) < 4.78 is 0. The first-order valence-electron chi connectivity index (χ1n) is 7.70. The lowest BCUT2D eigenvalue weighted by Crippen LogP contribution is -2.69. The quantitative estimate of drug-likeness (QED) is 0.828. The van der Waals surface area contributed by atoms with E-state index in [4.69, 9.17) is 4.98 Å². The third-order valence-electron chi connectivity index (χ3n) is 4.64. The number of rotatable bonds is 1. The smallest absolute Gasteiger partial charge is 0.221 e. The van der Waals surface area contributed by atoms with E-state index in [-0.39, 0.29) is 5.91 Å². The number of aryl methyl sites for hydroxylation is 1. The number of nitrogens with two attached hydrogens (primary N) is 1. The molecule has 0 radical (unpaired) electrons. The van der Waals surface area contributed by atoms with Crippen LogP contribution in [0.25, 0.3) is 5.70 Å². The predicted molar refractivity (Wildman–Crippen MR) is 82.6 cm³/mol. The summed E-state index contributed by atoms with van der Waals surface area (Å²) in [6.45, 7) is 8.51. The second-order valence-electron chi connectivity index (χ2n) is 7.27. The van der Waals surface area contributed by atoms with Gasteiger partial charge in [-0.3, -0.25) is 10.1 Å². The summed E-state index contributed by atoms with van der Waals surface area (Å²) in [5, 5.41) is 4.92. The van der Waals surface area contributed by atoms with Gasteiger partial charge in [0, 0.05) is 18.7 Å². The summed E-state index contributed by atoms with van der Waals surface area (Å²) in [5.74, 6) is 0.670. The highest BCUT2D eigenvalue weighted by Gasteiger charge is 2.32. The van der Waals surface area contributed by atoms with E-state index in [9.17, 15) is 4.79 Å². The first-order valence-corrected chi connectivity index (χ1v) is 7.70. The lowest BCUT2D eigenvalue weighted by molar-refractivity contribution is -0.492. The van der Waals surface area contributed by atoms with Crippen molar-refractivity contribution in [2.75, 3.05) is 0 Å². The molecule has 0 spiro atoms. The molecular formula is C17H24N3O+. The summed E-state index contributed by atoms with van der Waals surface area (Å²) in [4.78, 5) is 16.1. The minimum atomic E-state index is -0.0465. The standard InChI is InChI=1S/C17H23N3O/c1-10(21)19-15-9-18-14-8-11-7-12(17(2,3)4)5-6-13(11)20-16(14)15/h8-9,12,18H,5-7H2,1-4H3,(H,19,21)/p+1. The SMILES string of the molecule is CC(=O)NC1=C[NH2+]c2cc3c(nc21)CCC(C(C)(C)C)C3. The zero-order valence-corrected chi connectivity index (χ0v) is 13.3. The minimum Gasteiger partial charge on any atom is -0.320 e. The van der Waals surface area contributed by atoms with Crippen LogP contribution in [-0.4, -0.2) is 10.9 Å². The molecule has 2 heterocycles. The highest BCUT2D eigenvalue weighted by atomic mass is 16.1. The van der Waals surface area contributed by atoms with Gasteiger partial charge in [-0.25, -0.2) is 4.98 Å². The molecule has 3 N–H and O–H groups in total. The van der Waals surface area contributed by atoms with Crippen LogP contribution >= 0.6 is 0 Å². The lowest BCUT2D eigenvalue weighted by atomic mass is 9.71. The van der Waals surface area contributed by atoms with Crippen LogP contribution in [-0.2, 0) is 17.6 Å². The Morgan fingerprint density at radius 3 is 2.86 bits per heavy atom. The predicted octanol–water partition coefficient (Wildman–Crippen LogP) is 1.88. The Labute approximate surface area is 126 Å². The molecule has 3 rings (SSSR count). The molecule has 1 atom stereocenters. The third kappa shape index (κ3) is 2.72. The molecule has 0 fully saturated rings. The van der Waals surface area contributed by atoms with Crippen LogP contribution in [0.5, 0.6) is 0 Å². The monoisotopic (exact) mass is 286 g/mol. The molecule has 0 saturated heterocycles. The Balaban J connectivity index is 1.89. The van der Waals surface area contributed by atoms with Crippen molar-refractivity contribution in [2.24, 2.45) is 11.3 Å². The zero-order valence-electron chi connectivity index (χ0n) is 13.3. The van der Waals surface area contributed by atoms with Gasteiger partial charge < -0.3 is 5.32 Å². The number of quaternary nitrogens is 1. The summed E-state index contributed by atoms with van der Waals surface area (Å²) in [6.07, 6.45) is 5.30. The van der Waals surface area contributed by atoms with Crippen LogP contribution in [0.4, 0.5) is 5.69 Å². The van der Waals surface area contributed by atoms with E-state index in [2.05, 4.69) is 37.5 Å². The van der Waals surface area contributed by atoms with Gasteiger partial charge in [0.2, 0.25) is 5.91 Å². The molecule has 21 heavy (non-hydrogen) atoms. The van der Waals surface area contributed by atoms with Gasteiger partial charge in [0.25, 0.3) is 0 Å². The van der Waals surface area contributed by atoms with Gasteiger partial charge in [-0.1, -0.05) is 20.8 Å². The van der Waals surface area contributed by atoms with E-state index >= 15 is 0 Å². The molecule has 1 aliphatic heterocycles. The number of aromatic nitrogens is 1. The van der Waals surface area contributed by atoms with Crippen LogP contribution in [0, 0.1) is 11.3 Å². The molecule has 1 aromatic rings. The molecule has 0 saturated carbocycles. The number of carbonyl (C=O) groups excluding carboxylic acids is 1. The summed E-state index contributed by atoms with van der Waals surface area (Å²) >= 11 is 0. The van der Waals surface area contributed by atoms with Gasteiger partial charge in [0.15, 0.2) is 11.4 Å². The van der Waals surface area contributed by atoms with Crippen molar-refractivity contribution in [1.82, 2.24) is 10.3 Å². The number of nitrogens with zero attached hydrogens (tertiary/aromatic N) is 1. The molecule has 2 aliphatic rings. The minimum absolute atomic E-state index is 0.0465. The molecule has 1 unspecified atom stereocenters. The molecule has 4 nitrogen and oxygen atoms in total. The molecular weight excluding hydrogens is 262 g/mol. The molecule has 1 aliphatic carbocycles. The maximum absolute atomic E-state index is 11.3. The van der Waals surface area contributed by atoms with Gasteiger partial charge in [0.1, 0.15) is 11.9 Å². The van der Waals surface area contributed by atoms with Crippen molar-refractivity contribution >= 4 is 17.3 Å². The van der Waals surface area contributed by atoms with Crippen molar-refractivity contribution in [3.05, 3.63) is 29.2 Å². The summed E-state index contributed by atoms with van der Waals surface area (Å²) in [7, 11) is 0. The van der Waals surface area contributed by atoms with E-state index in [1.165, 1.54) is 24.6 Å². The fraction of sp³-hybridized carbons (Fsp3) is 0.529. The van der Waals surface area contributed by atoms with Crippen LogP contribution in [0.15, 0.2) is 12.3 Å². The maximum atomic E-state index is 11.3. The molecule has 0 bridgehead atoms. The number of pyridine rings is 1. The molecule has 112 valence electrons. The average Bonchev–Trinajstić information content (AvgIpc) is 2.76. The lowest BCUT2D eigenvalue weighted by Gasteiger charge is -2.34. The second kappa shape index (κ2) is 4.95. The molecule has 0 aromatic carbocycles. The van der Waals surface area contributed by atoms with Gasteiger partial charge in [-0.15, -0.1) is 0 Å². The number of nitrogens with one attached hydrogen (secondary N) is 1. The second-order valence-corrected chi connectivity index (χ2v) is 7.27. The number of hydrogen-bond donors (Lipinski definition) is 2. The van der Waals surface area contributed by atoms with Crippen molar-refractivity contribution in [1.29, 1.82) is 0 Å². The van der Waals surface area contributed by atoms with Gasteiger partial charge >= 0.3 is 0 Å². The van der Waals surface area contributed by atoms with Crippen molar-refractivity contribution < 1.29 is 10.1 Å². The van der Waals surface area contributed by atoms with Crippen LogP contribution in [0.3, 0.4) is 0 Å². The Hall–Kier alpha value is -1.68.